The predicted octanol–water partition coefficient (Wildman–Crippen LogP) is 25.0. The van der Waals surface area contributed by atoms with Crippen molar-refractivity contribution < 1.29 is 37.0 Å². The summed E-state index contributed by atoms with van der Waals surface area (Å²) in [7, 11) is -4.02. The van der Waals surface area contributed by atoms with Gasteiger partial charge in [0.15, 0.2) is 0 Å². The first-order valence-corrected chi connectivity index (χ1v) is 40.6. The second-order valence-electron chi connectivity index (χ2n) is 29.8. The van der Waals surface area contributed by atoms with Gasteiger partial charge in [0, 0.05) is 0 Å². The maximum atomic E-state index is 9.63. The van der Waals surface area contributed by atoms with Gasteiger partial charge in [0.1, 0.15) is 48.8 Å². The standard InChI is InChI=1S/4C26H18O.C2H2O4S/c4*1-5-13-21-17(9-1)18-10-2-6-14-22(18)25(21)27-26-23-15-7-3-11-19(23)20-12-4-8-16-24(20)26;3-1-7(5,6)2-4/h4*1-16,25-26H;1-2H. The van der Waals surface area contributed by atoms with Crippen LogP contribution in [0.3, 0.4) is 0 Å². The van der Waals surface area contributed by atoms with Crippen LogP contribution in [0.15, 0.2) is 388 Å². The Morgan fingerprint density at radius 1 is 0.148 bits per heavy atom. The number of ether oxygens (including phenoxy) is 4. The molecule has 0 aromatic heterocycles. The summed E-state index contributed by atoms with van der Waals surface area (Å²) >= 11 is 0. The molecule has 0 unspecified atom stereocenters. The van der Waals surface area contributed by atoms with Crippen LogP contribution < -0.4 is 0 Å². The van der Waals surface area contributed by atoms with E-state index in [9.17, 15) is 18.0 Å². The van der Waals surface area contributed by atoms with Crippen molar-refractivity contribution in [3.05, 3.63) is 477 Å². The van der Waals surface area contributed by atoms with Crippen molar-refractivity contribution in [1.82, 2.24) is 0 Å². The Hall–Kier alpha value is -13.4. The zero-order chi connectivity index (χ0) is 77.1. The molecule has 0 atom stereocenters. The monoisotopic (exact) mass is 1510 g/mol. The Morgan fingerprint density at radius 3 is 0.296 bits per heavy atom. The van der Waals surface area contributed by atoms with Gasteiger partial charge in [-0.1, -0.05) is 388 Å². The summed E-state index contributed by atoms with van der Waals surface area (Å²) in [5.74, 6) is 0. The van der Waals surface area contributed by atoms with E-state index in [0.717, 1.165) is 0 Å². The fraction of sp³-hybridized carbons (Fsp3) is 0.0755. The zero-order valence-electron chi connectivity index (χ0n) is 62.4. The normalized spacial score (nSPS) is 14.3. The fourth-order valence-electron chi connectivity index (χ4n) is 18.6. The van der Waals surface area contributed by atoms with Gasteiger partial charge in [-0.2, -0.15) is 0 Å². The lowest BCUT2D eigenvalue weighted by molar-refractivity contribution is 0.0358. The maximum absolute atomic E-state index is 9.63. The topological polar surface area (TPSA) is 105 Å². The van der Waals surface area contributed by atoms with Crippen LogP contribution in [0.2, 0.25) is 0 Å². The highest BCUT2D eigenvalue weighted by atomic mass is 32.2. The molecule has 24 rings (SSSR count). The first-order valence-electron chi connectivity index (χ1n) is 39.0. The van der Waals surface area contributed by atoms with Gasteiger partial charge < -0.3 is 18.9 Å². The van der Waals surface area contributed by atoms with Gasteiger partial charge in [0.25, 0.3) is 9.84 Å². The molecule has 0 amide bonds. The second-order valence-corrected chi connectivity index (χ2v) is 31.3. The lowest BCUT2D eigenvalue weighted by Gasteiger charge is -2.22. The Labute approximate surface area is 668 Å². The molecule has 0 aliphatic heterocycles. The van der Waals surface area contributed by atoms with Crippen LogP contribution >= 0.6 is 0 Å². The van der Waals surface area contributed by atoms with Gasteiger partial charge in [-0.15, -0.1) is 0 Å². The van der Waals surface area contributed by atoms with Crippen LogP contribution in [0.1, 0.15) is 138 Å². The van der Waals surface area contributed by atoms with E-state index in [2.05, 4.69) is 388 Å². The highest BCUT2D eigenvalue weighted by molar-refractivity contribution is 8.15. The number of benzene rings is 16. The average Bonchev–Trinajstić information content (AvgIpc) is 1.60. The third-order valence-electron chi connectivity index (χ3n) is 23.6. The quantitative estimate of drug-likeness (QED) is 0.125. The number of hydrogen-bond donors (Lipinski definition) is 0. The molecule has 115 heavy (non-hydrogen) atoms. The van der Waals surface area contributed by atoms with Gasteiger partial charge in [-0.05, 0) is 178 Å². The molecule has 0 saturated heterocycles. The number of rotatable bonds is 10. The zero-order valence-corrected chi connectivity index (χ0v) is 63.2. The summed E-state index contributed by atoms with van der Waals surface area (Å²) < 4.78 is 46.8. The third-order valence-corrected chi connectivity index (χ3v) is 24.1. The molecule has 16 aromatic rings. The smallest absolute Gasteiger partial charge is 0.267 e. The molecule has 16 aromatic carbocycles. The summed E-state index contributed by atoms with van der Waals surface area (Å²) in [5, 5.41) is 0. The largest absolute Gasteiger partial charge is 0.356 e. The van der Waals surface area contributed by atoms with E-state index in [1.807, 2.05) is 0 Å². The minimum Gasteiger partial charge on any atom is -0.356 e. The summed E-state index contributed by atoms with van der Waals surface area (Å²) in [4.78, 5) is 18.5. The second kappa shape index (κ2) is 30.0. The number of carbonyl (C=O) groups is 2. The number of fused-ring (bicyclic) bond motifs is 24. The van der Waals surface area contributed by atoms with E-state index in [4.69, 9.17) is 18.9 Å². The molecule has 9 heteroatoms. The van der Waals surface area contributed by atoms with Gasteiger partial charge in [0.2, 0.25) is 11.2 Å². The van der Waals surface area contributed by atoms with Crippen LogP contribution in [0.4, 0.5) is 0 Å². The first kappa shape index (κ1) is 70.7. The molecule has 0 radical (unpaired) electrons. The molecular formula is C106H74O8S. The Morgan fingerprint density at radius 2 is 0.226 bits per heavy atom. The maximum Gasteiger partial charge on any atom is 0.267 e. The Kier molecular flexibility index (Phi) is 18.4. The SMILES string of the molecule is O=CS(=O)(=O)C=O.c1ccc2c(c1)-c1ccccc1C2OC1c2ccccc2-c2ccccc21.c1ccc2c(c1)-c1ccccc1C2OC1c2ccccc2-c2ccccc21.c1ccc2c(c1)-c1ccccc1C2OC1c2ccccc2-c2ccccc21.c1ccc2c(c1)-c1ccccc1C2OC1c2ccccc2-c2ccccc21. The summed E-state index contributed by atoms with van der Waals surface area (Å²) in [6.07, 6.45) is -0.321. The molecule has 8 nitrogen and oxygen atoms in total. The van der Waals surface area contributed by atoms with Crippen molar-refractivity contribution in [2.75, 3.05) is 0 Å². The minimum atomic E-state index is -4.02. The lowest BCUT2D eigenvalue weighted by atomic mass is 10.1. The predicted molar refractivity (Wildman–Crippen MR) is 457 cm³/mol. The lowest BCUT2D eigenvalue weighted by Crippen LogP contribution is -2.09. The van der Waals surface area contributed by atoms with E-state index >= 15 is 0 Å². The van der Waals surface area contributed by atoms with E-state index in [1.165, 1.54) is 178 Å². The van der Waals surface area contributed by atoms with Crippen molar-refractivity contribution in [3.8, 4) is 89.0 Å². The van der Waals surface area contributed by atoms with Crippen molar-refractivity contribution in [2.45, 2.75) is 48.8 Å². The fourth-order valence-corrected chi connectivity index (χ4v) is 18.7. The van der Waals surface area contributed by atoms with Crippen LogP contribution in [-0.4, -0.2) is 19.7 Å². The third kappa shape index (κ3) is 12.4. The molecule has 0 saturated carbocycles. The van der Waals surface area contributed by atoms with E-state index in [0.29, 0.717) is 0 Å². The van der Waals surface area contributed by atoms with E-state index < -0.39 is 21.1 Å². The summed E-state index contributed by atoms with van der Waals surface area (Å²) in [5.41, 5.74) is 40.1. The molecule has 0 fully saturated rings. The van der Waals surface area contributed by atoms with Crippen molar-refractivity contribution in [1.29, 1.82) is 0 Å². The van der Waals surface area contributed by atoms with Crippen LogP contribution in [0.25, 0.3) is 89.0 Å². The van der Waals surface area contributed by atoms with Crippen molar-refractivity contribution in [3.63, 3.8) is 0 Å². The van der Waals surface area contributed by atoms with Crippen LogP contribution in [-0.2, 0) is 38.4 Å². The highest BCUT2D eigenvalue weighted by Gasteiger charge is 2.41. The van der Waals surface area contributed by atoms with E-state index in [-0.39, 0.29) is 48.8 Å². The average molecular weight is 1510 g/mol. The van der Waals surface area contributed by atoms with Gasteiger partial charge in [-0.3, -0.25) is 9.59 Å². The summed E-state index contributed by atoms with van der Waals surface area (Å²) in [6.45, 7) is 0. The molecular weight excluding hydrogens is 1430 g/mol. The van der Waals surface area contributed by atoms with Crippen molar-refractivity contribution >= 4 is 21.1 Å². The Bertz CT molecular complexity index is 5110. The first-order chi connectivity index (χ1) is 56.8. The molecule has 0 spiro atoms. The van der Waals surface area contributed by atoms with E-state index in [1.54, 1.807) is 0 Å². The van der Waals surface area contributed by atoms with Gasteiger partial charge >= 0.3 is 0 Å². The highest BCUT2D eigenvalue weighted by Crippen LogP contribution is 2.58. The number of hydrogen-bond acceptors (Lipinski definition) is 8. The summed E-state index contributed by atoms with van der Waals surface area (Å²) in [6, 6.07) is 138. The molecule has 0 heterocycles. The van der Waals surface area contributed by atoms with Crippen LogP contribution in [0, 0.1) is 0 Å². The molecule has 552 valence electrons. The number of carbonyl (C=O) groups excluding carboxylic acids is 2. The molecule has 8 aliphatic carbocycles. The van der Waals surface area contributed by atoms with Crippen LogP contribution in [0.5, 0.6) is 0 Å². The molecule has 0 N–H and O–H groups in total. The Balaban J connectivity index is 0.0000000964. The van der Waals surface area contributed by atoms with Gasteiger partial charge in [0.05, 0.1) is 0 Å². The van der Waals surface area contributed by atoms with Gasteiger partial charge in [-0.25, -0.2) is 8.42 Å². The number of sulfone groups is 1. The molecule has 0 bridgehead atoms. The molecule has 8 aliphatic rings. The minimum absolute atomic E-state index is 0.0402. The van der Waals surface area contributed by atoms with Crippen molar-refractivity contribution in [2.24, 2.45) is 0 Å².